The van der Waals surface area contributed by atoms with E-state index in [2.05, 4.69) is 5.16 Å². The van der Waals surface area contributed by atoms with E-state index >= 15 is 0 Å². The van der Waals surface area contributed by atoms with Crippen LogP contribution in [-0.4, -0.2) is 17.1 Å². The van der Waals surface area contributed by atoms with Gasteiger partial charge in [-0.3, -0.25) is 14.9 Å². The lowest BCUT2D eigenvalue weighted by Gasteiger charge is -2.02. The lowest BCUT2D eigenvalue weighted by Crippen LogP contribution is -2.08. The quantitative estimate of drug-likeness (QED) is 0.250. The molecular weight excluding hydrogens is 336 g/mol. The van der Waals surface area contributed by atoms with Crippen molar-refractivity contribution in [2.75, 3.05) is 0 Å². The number of non-ortho nitro benzene ring substituents is 1. The molecule has 2 aromatic carbocycles. The van der Waals surface area contributed by atoms with Gasteiger partial charge in [-0.05, 0) is 42.0 Å². The molecule has 0 aliphatic rings. The largest absolute Gasteiger partial charge is 0.426 e. The monoisotopic (exact) mass is 348 g/mol. The Bertz CT molecular complexity index is 729. The van der Waals surface area contributed by atoms with E-state index in [1.165, 1.54) is 18.3 Å². The van der Waals surface area contributed by atoms with Crippen LogP contribution in [-0.2, 0) is 16.2 Å². The maximum atomic E-state index is 11.6. The number of esters is 1. The van der Waals surface area contributed by atoms with Crippen LogP contribution < -0.4 is 4.74 Å². The summed E-state index contributed by atoms with van der Waals surface area (Å²) in [5, 5.41) is 14.7. The van der Waals surface area contributed by atoms with E-state index < -0.39 is 10.9 Å². The zero-order chi connectivity index (χ0) is 17.4. The average Bonchev–Trinajstić information content (AvgIpc) is 2.57. The fourth-order valence-corrected chi connectivity index (χ4v) is 1.79. The smallest absolute Gasteiger partial charge is 0.316 e. The van der Waals surface area contributed by atoms with Crippen LogP contribution >= 0.6 is 11.6 Å². The van der Waals surface area contributed by atoms with Crippen LogP contribution in [0.15, 0.2) is 53.7 Å². The van der Waals surface area contributed by atoms with E-state index in [1.807, 2.05) is 0 Å². The van der Waals surface area contributed by atoms with Gasteiger partial charge in [0.05, 0.1) is 17.6 Å². The molecule has 0 radical (unpaired) electrons. The highest BCUT2D eigenvalue weighted by atomic mass is 35.5. The molecule has 0 fully saturated rings. The molecule has 0 spiro atoms. The molecule has 0 atom stereocenters. The standard InChI is InChI=1S/C16H13ClN2O5/c17-13-3-7-15(8-4-13)24-16(20)9-10-18-23-11-12-1-5-14(6-2-12)19(21)22/h1-8,10H,9,11H2/b18-10-. The maximum absolute atomic E-state index is 11.6. The molecule has 0 amide bonds. The average molecular weight is 349 g/mol. The number of hydrogen-bond acceptors (Lipinski definition) is 6. The van der Waals surface area contributed by atoms with Gasteiger partial charge < -0.3 is 9.57 Å². The molecule has 124 valence electrons. The Morgan fingerprint density at radius 2 is 1.83 bits per heavy atom. The zero-order valence-electron chi connectivity index (χ0n) is 12.4. The number of oxime groups is 1. The number of ether oxygens (including phenoxy) is 1. The van der Waals surface area contributed by atoms with Crippen LogP contribution in [0.1, 0.15) is 12.0 Å². The first-order valence-electron chi connectivity index (χ1n) is 6.88. The molecule has 0 saturated carbocycles. The normalized spacial score (nSPS) is 10.5. The van der Waals surface area contributed by atoms with Gasteiger partial charge >= 0.3 is 5.97 Å². The predicted molar refractivity (Wildman–Crippen MR) is 88.1 cm³/mol. The molecule has 0 bridgehead atoms. The molecule has 8 heteroatoms. The predicted octanol–water partition coefficient (Wildman–Crippen LogP) is 3.75. The van der Waals surface area contributed by atoms with Gasteiger partial charge in [0, 0.05) is 17.2 Å². The number of hydrogen-bond donors (Lipinski definition) is 0. The number of carbonyl (C=O) groups is 1. The maximum Gasteiger partial charge on any atom is 0.316 e. The molecule has 24 heavy (non-hydrogen) atoms. The highest BCUT2D eigenvalue weighted by Crippen LogP contribution is 2.16. The molecule has 0 heterocycles. The molecule has 0 saturated heterocycles. The van der Waals surface area contributed by atoms with E-state index in [-0.39, 0.29) is 18.7 Å². The van der Waals surface area contributed by atoms with E-state index in [1.54, 1.807) is 36.4 Å². The van der Waals surface area contributed by atoms with Crippen LogP contribution in [0.4, 0.5) is 5.69 Å². The Morgan fingerprint density at radius 3 is 2.46 bits per heavy atom. The lowest BCUT2D eigenvalue weighted by atomic mass is 10.2. The van der Waals surface area contributed by atoms with Crippen molar-refractivity contribution in [1.29, 1.82) is 0 Å². The summed E-state index contributed by atoms with van der Waals surface area (Å²) in [6.45, 7) is 0.140. The van der Waals surface area contributed by atoms with Gasteiger partial charge in [0.15, 0.2) is 0 Å². The first-order chi connectivity index (χ1) is 11.5. The van der Waals surface area contributed by atoms with Crippen LogP contribution in [0.5, 0.6) is 5.75 Å². The number of rotatable bonds is 7. The second-order valence-corrected chi connectivity index (χ2v) is 5.05. The summed E-state index contributed by atoms with van der Waals surface area (Å²) in [4.78, 5) is 26.6. The summed E-state index contributed by atoms with van der Waals surface area (Å²) in [7, 11) is 0. The number of halogens is 1. The van der Waals surface area contributed by atoms with Crippen molar-refractivity contribution in [1.82, 2.24) is 0 Å². The van der Waals surface area contributed by atoms with Crippen LogP contribution in [0.3, 0.4) is 0 Å². The minimum atomic E-state index is -0.486. The lowest BCUT2D eigenvalue weighted by molar-refractivity contribution is -0.384. The summed E-state index contributed by atoms with van der Waals surface area (Å²) in [6, 6.07) is 12.3. The van der Waals surface area contributed by atoms with Crippen LogP contribution in [0.25, 0.3) is 0 Å². The Balaban J connectivity index is 1.71. The molecule has 0 unspecified atom stereocenters. The molecule has 2 aromatic rings. The summed E-state index contributed by atoms with van der Waals surface area (Å²) >= 11 is 5.73. The third-order valence-corrected chi connectivity index (χ3v) is 3.08. The number of benzene rings is 2. The van der Waals surface area contributed by atoms with Gasteiger partial charge in [-0.25, -0.2) is 0 Å². The van der Waals surface area contributed by atoms with E-state index in [0.717, 1.165) is 5.56 Å². The van der Waals surface area contributed by atoms with Crippen molar-refractivity contribution in [3.63, 3.8) is 0 Å². The summed E-state index contributed by atoms with van der Waals surface area (Å²) in [5.74, 6) is -0.0930. The fraction of sp³-hybridized carbons (Fsp3) is 0.125. The van der Waals surface area contributed by atoms with Gasteiger partial charge in [-0.1, -0.05) is 16.8 Å². The highest BCUT2D eigenvalue weighted by Gasteiger charge is 2.04. The van der Waals surface area contributed by atoms with Crippen molar-refractivity contribution < 1.29 is 19.3 Å². The van der Waals surface area contributed by atoms with Gasteiger partial charge in [-0.2, -0.15) is 0 Å². The van der Waals surface area contributed by atoms with Crippen molar-refractivity contribution >= 4 is 29.5 Å². The Labute approximate surface area is 142 Å². The molecular formula is C16H13ClN2O5. The van der Waals surface area contributed by atoms with E-state index in [4.69, 9.17) is 21.2 Å². The number of carbonyl (C=O) groups excluding carboxylic acids is 1. The summed E-state index contributed by atoms with van der Waals surface area (Å²) in [5.41, 5.74) is 0.730. The molecule has 7 nitrogen and oxygen atoms in total. The second kappa shape index (κ2) is 8.64. The first-order valence-corrected chi connectivity index (χ1v) is 7.26. The first kappa shape index (κ1) is 17.4. The molecule has 0 aromatic heterocycles. The SMILES string of the molecule is O=C(C/C=N\OCc1ccc([N+](=O)[O-])cc1)Oc1ccc(Cl)cc1. The second-order valence-electron chi connectivity index (χ2n) is 4.62. The van der Waals surface area contributed by atoms with Crippen LogP contribution in [0.2, 0.25) is 5.02 Å². The van der Waals surface area contributed by atoms with Gasteiger partial charge in [-0.15, -0.1) is 0 Å². The molecule has 0 aliphatic carbocycles. The summed E-state index contributed by atoms with van der Waals surface area (Å²) in [6.07, 6.45) is 1.23. The zero-order valence-corrected chi connectivity index (χ0v) is 13.2. The van der Waals surface area contributed by atoms with Gasteiger partial charge in [0.2, 0.25) is 0 Å². The van der Waals surface area contributed by atoms with Gasteiger partial charge in [0.25, 0.3) is 5.69 Å². The summed E-state index contributed by atoms with van der Waals surface area (Å²) < 4.78 is 5.06. The molecule has 0 aliphatic heterocycles. The van der Waals surface area contributed by atoms with Crippen molar-refractivity contribution in [3.05, 3.63) is 69.2 Å². The number of nitro benzene ring substituents is 1. The van der Waals surface area contributed by atoms with Crippen molar-refractivity contribution in [2.24, 2.45) is 5.16 Å². The van der Waals surface area contributed by atoms with Crippen LogP contribution in [0, 0.1) is 10.1 Å². The van der Waals surface area contributed by atoms with Crippen molar-refractivity contribution in [3.8, 4) is 5.75 Å². The van der Waals surface area contributed by atoms with Crippen molar-refractivity contribution in [2.45, 2.75) is 13.0 Å². The van der Waals surface area contributed by atoms with E-state index in [0.29, 0.717) is 10.8 Å². The Kier molecular flexibility index (Phi) is 6.27. The minimum Gasteiger partial charge on any atom is -0.426 e. The molecule has 2 rings (SSSR count). The topological polar surface area (TPSA) is 91.0 Å². The third-order valence-electron chi connectivity index (χ3n) is 2.83. The van der Waals surface area contributed by atoms with Gasteiger partial charge in [0.1, 0.15) is 12.4 Å². The third kappa shape index (κ3) is 5.69. The Hall–Kier alpha value is -2.93. The highest BCUT2D eigenvalue weighted by molar-refractivity contribution is 6.30. The minimum absolute atomic E-state index is 0.00666. The Morgan fingerprint density at radius 1 is 1.17 bits per heavy atom. The molecule has 0 N–H and O–H groups in total. The fourth-order valence-electron chi connectivity index (χ4n) is 1.67. The number of nitrogens with zero attached hydrogens (tertiary/aromatic N) is 2. The van der Waals surface area contributed by atoms with E-state index in [9.17, 15) is 14.9 Å². The number of nitro groups is 1.